The molecule has 96 valence electrons. The Morgan fingerprint density at radius 3 is 2.89 bits per heavy atom. The number of carbonyl (C=O) groups excluding carboxylic acids is 1. The fourth-order valence-corrected chi connectivity index (χ4v) is 2.05. The Balaban J connectivity index is 2.06. The highest BCUT2D eigenvalue weighted by Gasteiger charge is 2.31. The smallest absolute Gasteiger partial charge is 0.191 e. The minimum absolute atomic E-state index is 0.172. The topological polar surface area (TPSA) is 55.7 Å². The molecule has 0 amide bonds. The number of fused-ring (bicyclic) bond motifs is 1. The maximum absolute atomic E-state index is 11.7. The Morgan fingerprint density at radius 1 is 1.44 bits per heavy atom. The lowest BCUT2D eigenvalue weighted by atomic mass is 10.1. The summed E-state index contributed by atoms with van der Waals surface area (Å²) in [4.78, 5) is 22.2. The molecule has 1 atom stereocenters. The van der Waals surface area contributed by atoms with Crippen molar-refractivity contribution >= 4 is 5.78 Å². The van der Waals surface area contributed by atoms with Crippen LogP contribution in [0.3, 0.4) is 0 Å². The highest BCUT2D eigenvalue weighted by molar-refractivity contribution is 6.04. The largest absolute Gasteiger partial charge is 0.494 e. The molecule has 1 unspecified atom stereocenters. The summed E-state index contributed by atoms with van der Waals surface area (Å²) >= 11 is 0. The van der Waals surface area contributed by atoms with Gasteiger partial charge < -0.3 is 4.74 Å². The zero-order valence-corrected chi connectivity index (χ0v) is 10.7. The summed E-state index contributed by atoms with van der Waals surface area (Å²) in [5.74, 6) is 1.19. The molecule has 4 heteroatoms. The standard InChI is InChI=1S/C14H17NO3/c1-9(2)5-6-18-11-3-4-12-10(7-11)8-13(15-17)14(12)16/h3-4,7,9,13H,5-6,8H2,1-2H3. The number of rotatable bonds is 5. The Labute approximate surface area is 106 Å². The lowest BCUT2D eigenvalue weighted by Crippen LogP contribution is -2.11. The first-order valence-electron chi connectivity index (χ1n) is 6.24. The summed E-state index contributed by atoms with van der Waals surface area (Å²) in [6, 6.07) is 4.61. The molecule has 1 aliphatic rings. The average Bonchev–Trinajstić information content (AvgIpc) is 2.65. The molecule has 0 aromatic heterocycles. The van der Waals surface area contributed by atoms with Gasteiger partial charge in [-0.2, -0.15) is 4.91 Å². The van der Waals surface area contributed by atoms with Crippen LogP contribution >= 0.6 is 0 Å². The zero-order valence-electron chi connectivity index (χ0n) is 10.7. The second-order valence-electron chi connectivity index (χ2n) is 5.04. The van der Waals surface area contributed by atoms with Crippen molar-refractivity contribution in [1.29, 1.82) is 0 Å². The van der Waals surface area contributed by atoms with Crippen LogP contribution in [0.5, 0.6) is 5.75 Å². The Bertz CT molecular complexity index is 468. The van der Waals surface area contributed by atoms with Gasteiger partial charge in [0, 0.05) is 12.0 Å². The number of nitrogens with zero attached hydrogens (tertiary/aromatic N) is 1. The third-order valence-corrected chi connectivity index (χ3v) is 3.15. The lowest BCUT2D eigenvalue weighted by molar-refractivity contribution is 0.0975. The van der Waals surface area contributed by atoms with Crippen LogP contribution in [0.1, 0.15) is 36.2 Å². The van der Waals surface area contributed by atoms with Crippen molar-refractivity contribution in [3.8, 4) is 5.75 Å². The van der Waals surface area contributed by atoms with E-state index in [9.17, 15) is 9.70 Å². The van der Waals surface area contributed by atoms with Crippen LogP contribution in [0, 0.1) is 10.8 Å². The van der Waals surface area contributed by atoms with Gasteiger partial charge in [-0.15, -0.1) is 0 Å². The van der Waals surface area contributed by atoms with E-state index in [0.717, 1.165) is 17.7 Å². The SMILES string of the molecule is CC(C)CCOc1ccc2c(c1)CC(N=O)C2=O. The fourth-order valence-electron chi connectivity index (χ4n) is 2.05. The Kier molecular flexibility index (Phi) is 3.75. The number of hydrogen-bond acceptors (Lipinski definition) is 4. The van der Waals surface area contributed by atoms with Gasteiger partial charge in [-0.1, -0.05) is 19.0 Å². The van der Waals surface area contributed by atoms with Crippen molar-refractivity contribution in [2.75, 3.05) is 6.61 Å². The minimum atomic E-state index is -0.745. The molecule has 0 spiro atoms. The molecular weight excluding hydrogens is 230 g/mol. The molecular formula is C14H17NO3. The van der Waals surface area contributed by atoms with Gasteiger partial charge >= 0.3 is 0 Å². The lowest BCUT2D eigenvalue weighted by Gasteiger charge is -2.09. The molecule has 0 N–H and O–H groups in total. The summed E-state index contributed by atoms with van der Waals surface area (Å²) in [5, 5.41) is 2.86. The summed E-state index contributed by atoms with van der Waals surface area (Å²) in [5.41, 5.74) is 1.47. The van der Waals surface area contributed by atoms with Crippen molar-refractivity contribution in [2.24, 2.45) is 11.1 Å². The summed E-state index contributed by atoms with van der Waals surface area (Å²) < 4.78 is 5.63. The second-order valence-corrected chi connectivity index (χ2v) is 5.04. The van der Waals surface area contributed by atoms with Crippen molar-refractivity contribution in [3.05, 3.63) is 34.2 Å². The molecule has 0 saturated heterocycles. The van der Waals surface area contributed by atoms with Crippen molar-refractivity contribution < 1.29 is 9.53 Å². The monoisotopic (exact) mass is 247 g/mol. The number of ketones is 1. The first-order valence-corrected chi connectivity index (χ1v) is 6.24. The molecule has 2 rings (SSSR count). The van der Waals surface area contributed by atoms with E-state index >= 15 is 0 Å². The molecule has 0 fully saturated rings. The van der Waals surface area contributed by atoms with E-state index in [4.69, 9.17) is 4.74 Å². The molecule has 1 aliphatic carbocycles. The molecule has 0 aliphatic heterocycles. The van der Waals surface area contributed by atoms with Gasteiger partial charge in [0.2, 0.25) is 0 Å². The van der Waals surface area contributed by atoms with Gasteiger partial charge in [0.1, 0.15) is 5.75 Å². The zero-order chi connectivity index (χ0) is 13.1. The molecule has 0 heterocycles. The number of benzene rings is 1. The maximum Gasteiger partial charge on any atom is 0.191 e. The van der Waals surface area contributed by atoms with Gasteiger partial charge in [0.15, 0.2) is 11.8 Å². The van der Waals surface area contributed by atoms with Crippen LogP contribution in [-0.2, 0) is 6.42 Å². The van der Waals surface area contributed by atoms with Gasteiger partial charge in [-0.3, -0.25) is 4.79 Å². The summed E-state index contributed by atoms with van der Waals surface area (Å²) in [6.07, 6.45) is 1.40. The molecule has 4 nitrogen and oxygen atoms in total. The summed E-state index contributed by atoms with van der Waals surface area (Å²) in [6.45, 7) is 4.95. The number of hydrogen-bond donors (Lipinski definition) is 0. The van der Waals surface area contributed by atoms with Crippen molar-refractivity contribution in [2.45, 2.75) is 32.7 Å². The molecule has 0 bridgehead atoms. The van der Waals surface area contributed by atoms with Crippen molar-refractivity contribution in [1.82, 2.24) is 0 Å². The molecule has 18 heavy (non-hydrogen) atoms. The quantitative estimate of drug-likeness (QED) is 0.751. The van der Waals surface area contributed by atoms with Crippen LogP contribution in [0.2, 0.25) is 0 Å². The summed E-state index contributed by atoms with van der Waals surface area (Å²) in [7, 11) is 0. The highest BCUT2D eigenvalue weighted by atomic mass is 16.5. The van der Waals surface area contributed by atoms with E-state index in [1.54, 1.807) is 12.1 Å². The van der Waals surface area contributed by atoms with E-state index in [1.165, 1.54) is 0 Å². The van der Waals surface area contributed by atoms with Gasteiger partial charge in [-0.25, -0.2) is 0 Å². The third kappa shape index (κ3) is 2.58. The first-order chi connectivity index (χ1) is 8.61. The van der Waals surface area contributed by atoms with Gasteiger partial charge in [0.25, 0.3) is 0 Å². The molecule has 1 aromatic carbocycles. The van der Waals surface area contributed by atoms with E-state index in [1.807, 2.05) is 6.07 Å². The van der Waals surface area contributed by atoms with Gasteiger partial charge in [0.05, 0.1) is 6.61 Å². The maximum atomic E-state index is 11.7. The Hall–Kier alpha value is -1.71. The van der Waals surface area contributed by atoms with E-state index in [2.05, 4.69) is 19.0 Å². The molecule has 1 aromatic rings. The minimum Gasteiger partial charge on any atom is -0.494 e. The predicted octanol–water partition coefficient (Wildman–Crippen LogP) is 2.99. The fraction of sp³-hybridized carbons (Fsp3) is 0.500. The molecule has 0 radical (unpaired) electrons. The van der Waals surface area contributed by atoms with Crippen LogP contribution < -0.4 is 4.74 Å². The first kappa shape index (κ1) is 12.7. The van der Waals surface area contributed by atoms with E-state index < -0.39 is 6.04 Å². The normalized spacial score (nSPS) is 17.9. The predicted molar refractivity (Wildman–Crippen MR) is 69.0 cm³/mol. The van der Waals surface area contributed by atoms with Crippen LogP contribution in [0.15, 0.2) is 23.4 Å². The third-order valence-electron chi connectivity index (χ3n) is 3.15. The average molecular weight is 247 g/mol. The molecule has 0 saturated carbocycles. The second kappa shape index (κ2) is 5.29. The van der Waals surface area contributed by atoms with Crippen LogP contribution in [0.4, 0.5) is 0 Å². The highest BCUT2D eigenvalue weighted by Crippen LogP contribution is 2.28. The van der Waals surface area contributed by atoms with Crippen LogP contribution in [-0.4, -0.2) is 18.4 Å². The number of carbonyl (C=O) groups is 1. The van der Waals surface area contributed by atoms with Gasteiger partial charge in [-0.05, 0) is 36.1 Å². The van der Waals surface area contributed by atoms with E-state index in [0.29, 0.717) is 24.5 Å². The van der Waals surface area contributed by atoms with E-state index in [-0.39, 0.29) is 5.78 Å². The number of ether oxygens (including phenoxy) is 1. The van der Waals surface area contributed by atoms with Crippen LogP contribution in [0.25, 0.3) is 0 Å². The van der Waals surface area contributed by atoms with Crippen molar-refractivity contribution in [3.63, 3.8) is 0 Å². The number of nitroso groups, excluding NO2 is 1. The number of Topliss-reactive ketones (excluding diaryl/α,β-unsaturated/α-hetero) is 1. The Morgan fingerprint density at radius 2 is 2.22 bits per heavy atom.